The number of carbonyl (C=O) groups is 2. The van der Waals surface area contributed by atoms with Crippen molar-refractivity contribution in [3.63, 3.8) is 0 Å². The number of esters is 1. The lowest BCUT2D eigenvalue weighted by Gasteiger charge is -2.33. The molecule has 1 aliphatic heterocycles. The fourth-order valence-corrected chi connectivity index (χ4v) is 3.85. The van der Waals surface area contributed by atoms with Crippen LogP contribution in [0.5, 0.6) is 5.75 Å². The normalized spacial score (nSPS) is 17.4. The second kappa shape index (κ2) is 8.37. The van der Waals surface area contributed by atoms with Gasteiger partial charge in [0.2, 0.25) is 0 Å². The van der Waals surface area contributed by atoms with E-state index in [1.165, 1.54) is 19.4 Å². The zero-order valence-electron chi connectivity index (χ0n) is 19.0. The van der Waals surface area contributed by atoms with Crippen LogP contribution in [0.15, 0.2) is 30.5 Å². The molecule has 0 unspecified atom stereocenters. The van der Waals surface area contributed by atoms with Gasteiger partial charge in [0.15, 0.2) is 0 Å². The Labute approximate surface area is 190 Å². The average Bonchev–Trinajstić information content (AvgIpc) is 3.54. The summed E-state index contributed by atoms with van der Waals surface area (Å²) in [5.41, 5.74) is -0.707. The third-order valence-electron chi connectivity index (χ3n) is 5.59. The Kier molecular flexibility index (Phi) is 5.86. The number of benzene rings is 1. The highest BCUT2D eigenvalue weighted by Crippen LogP contribution is 2.45. The molecule has 9 heteroatoms. The van der Waals surface area contributed by atoms with Crippen LogP contribution in [-0.4, -0.2) is 48.3 Å². The van der Waals surface area contributed by atoms with Crippen LogP contribution in [0.1, 0.15) is 56.1 Å². The molecule has 1 saturated heterocycles. The second-order valence-electron chi connectivity index (χ2n) is 9.14. The molecule has 2 heterocycles. The topological polar surface area (TPSA) is 78.0 Å². The van der Waals surface area contributed by atoms with Gasteiger partial charge in [0, 0.05) is 23.4 Å². The van der Waals surface area contributed by atoms with Gasteiger partial charge in [0.05, 0.1) is 25.5 Å². The largest absolute Gasteiger partial charge is 0.494 e. The van der Waals surface area contributed by atoms with E-state index in [2.05, 4.69) is 4.98 Å². The summed E-state index contributed by atoms with van der Waals surface area (Å²) in [7, 11) is 1.39. The summed E-state index contributed by atoms with van der Waals surface area (Å²) >= 11 is 0. The number of nitrogens with zero attached hydrogens (tertiary/aromatic N) is 2. The summed E-state index contributed by atoms with van der Waals surface area (Å²) in [5, 5.41) is 0. The maximum absolute atomic E-state index is 13.4. The van der Waals surface area contributed by atoms with Crippen LogP contribution in [-0.2, 0) is 14.3 Å². The van der Waals surface area contributed by atoms with Gasteiger partial charge >= 0.3 is 5.97 Å². The average molecular weight is 460 g/mol. The smallest absolute Gasteiger partial charge is 0.339 e. The molecule has 4 rings (SSSR count). The van der Waals surface area contributed by atoms with Gasteiger partial charge in [-0.05, 0) is 57.9 Å². The molecule has 1 aliphatic carbocycles. The lowest BCUT2D eigenvalue weighted by atomic mass is 9.97. The molecule has 0 atom stereocenters. The summed E-state index contributed by atoms with van der Waals surface area (Å²) in [6, 6.07) is 6.03. The molecule has 1 spiro atoms. The van der Waals surface area contributed by atoms with E-state index in [1.54, 1.807) is 43.9 Å². The fourth-order valence-electron chi connectivity index (χ4n) is 3.85. The Balaban J connectivity index is 1.85. The molecule has 1 aromatic carbocycles. The van der Waals surface area contributed by atoms with Gasteiger partial charge in [-0.2, -0.15) is 0 Å². The van der Waals surface area contributed by atoms with E-state index in [9.17, 15) is 18.4 Å². The van der Waals surface area contributed by atoms with Crippen molar-refractivity contribution in [2.75, 3.05) is 25.2 Å². The number of alkyl halides is 2. The van der Waals surface area contributed by atoms with Crippen molar-refractivity contribution < 1.29 is 32.6 Å². The van der Waals surface area contributed by atoms with Gasteiger partial charge in [-0.15, -0.1) is 0 Å². The van der Waals surface area contributed by atoms with Crippen molar-refractivity contribution in [2.24, 2.45) is 0 Å². The Hall–Kier alpha value is -3.07. The number of morpholine rings is 1. The predicted molar refractivity (Wildman–Crippen MR) is 117 cm³/mol. The van der Waals surface area contributed by atoms with Gasteiger partial charge in [-0.25, -0.2) is 13.6 Å². The quantitative estimate of drug-likeness (QED) is 0.610. The van der Waals surface area contributed by atoms with Crippen molar-refractivity contribution >= 4 is 17.6 Å². The molecule has 7 nitrogen and oxygen atoms in total. The summed E-state index contributed by atoms with van der Waals surface area (Å²) in [6.45, 7) is 5.96. The fraction of sp³-hybridized carbons (Fsp3) is 0.458. The molecule has 1 aromatic heterocycles. The first-order valence-corrected chi connectivity index (χ1v) is 10.7. The minimum atomic E-state index is -2.81. The van der Waals surface area contributed by atoms with E-state index in [0.717, 1.165) is 0 Å². The lowest BCUT2D eigenvalue weighted by molar-refractivity contribution is -0.137. The number of hydrogen-bond donors (Lipinski definition) is 0. The molecule has 1 saturated carbocycles. The molecule has 33 heavy (non-hydrogen) atoms. The first-order valence-electron chi connectivity index (χ1n) is 10.7. The molecule has 2 fully saturated rings. The highest BCUT2D eigenvalue weighted by atomic mass is 19.3. The molecule has 0 N–H and O–H groups in total. The molecule has 2 aliphatic rings. The Morgan fingerprint density at radius 3 is 2.55 bits per heavy atom. The number of carbonyl (C=O) groups excluding carboxylic acids is 2. The number of anilines is 1. The number of ether oxygens (including phenoxy) is 3. The third kappa shape index (κ3) is 4.55. The summed E-state index contributed by atoms with van der Waals surface area (Å²) < 4.78 is 43.4. The predicted octanol–water partition coefficient (Wildman–Crippen LogP) is 4.55. The Morgan fingerprint density at radius 2 is 1.94 bits per heavy atom. The van der Waals surface area contributed by atoms with Gasteiger partial charge < -0.3 is 19.1 Å². The Morgan fingerprint density at radius 1 is 1.21 bits per heavy atom. The molecular weight excluding hydrogens is 434 g/mol. The highest BCUT2D eigenvalue weighted by molar-refractivity contribution is 6.04. The van der Waals surface area contributed by atoms with Crippen LogP contribution >= 0.6 is 0 Å². The van der Waals surface area contributed by atoms with Gasteiger partial charge in [-0.1, -0.05) is 0 Å². The lowest BCUT2D eigenvalue weighted by Crippen LogP contribution is -2.49. The van der Waals surface area contributed by atoms with E-state index >= 15 is 0 Å². The number of hydrogen-bond acceptors (Lipinski definition) is 6. The maximum Gasteiger partial charge on any atom is 0.339 e. The van der Waals surface area contributed by atoms with Crippen LogP contribution in [0, 0.1) is 0 Å². The summed E-state index contributed by atoms with van der Waals surface area (Å²) in [6.07, 6.45) is -0.276. The summed E-state index contributed by atoms with van der Waals surface area (Å²) in [4.78, 5) is 31.4. The number of rotatable bonds is 5. The molecule has 1 amide bonds. The number of amides is 1. The van der Waals surface area contributed by atoms with Gasteiger partial charge in [0.1, 0.15) is 22.6 Å². The van der Waals surface area contributed by atoms with E-state index in [-0.39, 0.29) is 22.8 Å². The van der Waals surface area contributed by atoms with E-state index in [0.29, 0.717) is 37.2 Å². The summed E-state index contributed by atoms with van der Waals surface area (Å²) in [5.74, 6) is -0.540. The minimum absolute atomic E-state index is 0.139. The van der Waals surface area contributed by atoms with E-state index in [1.807, 2.05) is 0 Å². The molecular formula is C24H26F2N2O5. The van der Waals surface area contributed by atoms with Crippen molar-refractivity contribution in [2.45, 2.75) is 51.2 Å². The first kappa shape index (κ1) is 23.1. The van der Waals surface area contributed by atoms with E-state index < -0.39 is 29.3 Å². The van der Waals surface area contributed by atoms with Gasteiger partial charge in [-0.3, -0.25) is 9.78 Å². The van der Waals surface area contributed by atoms with Crippen molar-refractivity contribution in [3.8, 4) is 16.9 Å². The minimum Gasteiger partial charge on any atom is -0.494 e. The maximum atomic E-state index is 13.4. The van der Waals surface area contributed by atoms with Crippen molar-refractivity contribution in [1.29, 1.82) is 0 Å². The standard InChI is InChI=1S/C24H26F2N2O5/c1-23(2,3)33-21(29)15-6-5-14(28-9-10-32-24(7-8-24)22(28)30)11-16(15)17-12-18(20(25)26)27-13-19(17)31-4/h5-6,11-13,20H,7-10H2,1-4H3. The number of halogens is 2. The first-order chi connectivity index (χ1) is 15.5. The van der Waals surface area contributed by atoms with Crippen LogP contribution in [0.3, 0.4) is 0 Å². The molecule has 2 aromatic rings. The SMILES string of the molecule is COc1cnc(C(F)F)cc1-c1cc(N2CCOC3(CC3)C2=O)ccc1C(=O)OC(C)(C)C. The number of aromatic nitrogens is 1. The zero-order chi connectivity index (χ0) is 24.0. The second-order valence-corrected chi connectivity index (χ2v) is 9.14. The van der Waals surface area contributed by atoms with Crippen molar-refractivity contribution in [1.82, 2.24) is 4.98 Å². The zero-order valence-corrected chi connectivity index (χ0v) is 19.0. The third-order valence-corrected chi connectivity index (χ3v) is 5.59. The van der Waals surface area contributed by atoms with Gasteiger partial charge in [0.25, 0.3) is 12.3 Å². The molecule has 176 valence electrons. The number of pyridine rings is 1. The van der Waals surface area contributed by atoms with Crippen molar-refractivity contribution in [3.05, 3.63) is 41.7 Å². The molecule has 0 bridgehead atoms. The van der Waals surface area contributed by atoms with Crippen LogP contribution in [0.4, 0.5) is 14.5 Å². The number of methoxy groups -OCH3 is 1. The highest BCUT2D eigenvalue weighted by Gasteiger charge is 2.55. The van der Waals surface area contributed by atoms with Crippen LogP contribution in [0.2, 0.25) is 0 Å². The van der Waals surface area contributed by atoms with Crippen LogP contribution in [0.25, 0.3) is 11.1 Å². The molecule has 0 radical (unpaired) electrons. The van der Waals surface area contributed by atoms with E-state index in [4.69, 9.17) is 14.2 Å². The Bertz CT molecular complexity index is 1090. The van der Waals surface area contributed by atoms with Crippen LogP contribution < -0.4 is 9.64 Å². The monoisotopic (exact) mass is 460 g/mol.